The topological polar surface area (TPSA) is 111 Å². The zero-order chi connectivity index (χ0) is 61.9. The fourth-order valence-electron chi connectivity index (χ4n) is 11.0. The summed E-state index contributed by atoms with van der Waals surface area (Å²) in [5.41, 5.74) is 0. The van der Waals surface area contributed by atoms with Crippen LogP contribution in [-0.2, 0) is 33.3 Å². The monoisotopic (exact) mass is 1200 g/mol. The van der Waals surface area contributed by atoms with Crippen LogP contribution in [0.4, 0.5) is 0 Å². The third-order valence-electron chi connectivity index (χ3n) is 16.6. The maximum Gasteiger partial charge on any atom is 0.306 e. The van der Waals surface area contributed by atoms with Crippen LogP contribution in [0.15, 0.2) is 48.6 Å². The summed E-state index contributed by atoms with van der Waals surface area (Å²) in [4.78, 5) is 37.5. The number of aliphatic carboxylic acids is 1. The normalized spacial score (nSPS) is 12.9. The first kappa shape index (κ1) is 82.2. The van der Waals surface area contributed by atoms with Crippen LogP contribution < -0.4 is 5.11 Å². The van der Waals surface area contributed by atoms with Gasteiger partial charge in [0.1, 0.15) is 13.2 Å². The SMILES string of the molecule is CC/C=C\C/C=C\C/C=C\C/C=C\CCCCCCCCCCCCCCCCCCCCCCCCCCCCC(=O)OC(COC(=O)CCCCCCCCCCCCCCCCCCCCCCC)COC(OCC[N+](C)(C)C)C(=O)[O-]. The molecule has 0 aliphatic rings. The average Bonchev–Trinajstić information content (AvgIpc) is 3.49. The summed E-state index contributed by atoms with van der Waals surface area (Å²) >= 11 is 0. The maximum absolute atomic E-state index is 12.9. The molecule has 85 heavy (non-hydrogen) atoms. The van der Waals surface area contributed by atoms with Gasteiger partial charge in [-0.25, -0.2) is 0 Å². The van der Waals surface area contributed by atoms with Gasteiger partial charge in [-0.05, 0) is 51.4 Å². The van der Waals surface area contributed by atoms with Gasteiger partial charge in [-0.1, -0.05) is 345 Å². The molecule has 0 saturated heterocycles. The molecular weight excluding hydrogens is 1050 g/mol. The first-order valence-corrected chi connectivity index (χ1v) is 36.8. The molecule has 0 saturated carbocycles. The molecule has 0 rings (SSSR count). The second kappa shape index (κ2) is 67.2. The lowest BCUT2D eigenvalue weighted by Crippen LogP contribution is -2.44. The summed E-state index contributed by atoms with van der Waals surface area (Å²) in [6.07, 6.45) is 83.6. The second-order valence-corrected chi connectivity index (χ2v) is 26.2. The number of carbonyl (C=O) groups excluding carboxylic acids is 3. The van der Waals surface area contributed by atoms with Crippen molar-refractivity contribution in [2.75, 3.05) is 47.5 Å². The van der Waals surface area contributed by atoms with Crippen LogP contribution in [0.25, 0.3) is 0 Å². The van der Waals surface area contributed by atoms with Crippen molar-refractivity contribution in [3.05, 3.63) is 48.6 Å². The molecule has 498 valence electrons. The number of carbonyl (C=O) groups is 3. The molecule has 0 aliphatic carbocycles. The van der Waals surface area contributed by atoms with Crippen molar-refractivity contribution < 1.29 is 42.9 Å². The van der Waals surface area contributed by atoms with Crippen LogP contribution in [0.5, 0.6) is 0 Å². The summed E-state index contributed by atoms with van der Waals surface area (Å²) in [5, 5.41) is 11.8. The summed E-state index contributed by atoms with van der Waals surface area (Å²) in [6, 6.07) is 0. The largest absolute Gasteiger partial charge is 0.545 e. The zero-order valence-corrected chi connectivity index (χ0v) is 57.0. The number of rotatable bonds is 69. The van der Waals surface area contributed by atoms with E-state index in [1.54, 1.807) is 0 Å². The van der Waals surface area contributed by atoms with Crippen molar-refractivity contribution in [1.29, 1.82) is 0 Å². The Morgan fingerprint density at radius 3 is 1.00 bits per heavy atom. The van der Waals surface area contributed by atoms with E-state index in [0.717, 1.165) is 64.2 Å². The fraction of sp³-hybridized carbons (Fsp3) is 0.855. The number of likely N-dealkylation sites (N-methyl/N-ethyl adjacent to an activating group) is 1. The Hall–Kier alpha value is -2.75. The summed E-state index contributed by atoms with van der Waals surface area (Å²) in [7, 11) is 5.95. The van der Waals surface area contributed by atoms with Gasteiger partial charge in [0.25, 0.3) is 0 Å². The van der Waals surface area contributed by atoms with Gasteiger partial charge in [-0.3, -0.25) is 9.59 Å². The molecule has 0 amide bonds. The minimum Gasteiger partial charge on any atom is -0.545 e. The van der Waals surface area contributed by atoms with E-state index in [4.69, 9.17) is 18.9 Å². The average molecular weight is 1200 g/mol. The molecule has 0 heterocycles. The maximum atomic E-state index is 12.9. The number of carboxylic acid groups (broad SMARTS) is 1. The van der Waals surface area contributed by atoms with E-state index in [0.29, 0.717) is 17.4 Å². The van der Waals surface area contributed by atoms with E-state index in [1.165, 1.54) is 270 Å². The molecule has 2 unspecified atom stereocenters. The molecule has 0 N–H and O–H groups in total. The van der Waals surface area contributed by atoms with Gasteiger partial charge < -0.3 is 33.3 Å². The number of carboxylic acids is 1. The molecule has 0 radical (unpaired) electrons. The molecule has 0 aromatic carbocycles. The van der Waals surface area contributed by atoms with Crippen LogP contribution in [0.2, 0.25) is 0 Å². The number of unbranched alkanes of at least 4 members (excludes halogenated alkanes) is 46. The minimum absolute atomic E-state index is 0.151. The fourth-order valence-corrected chi connectivity index (χ4v) is 11.0. The van der Waals surface area contributed by atoms with Crippen molar-refractivity contribution in [3.63, 3.8) is 0 Å². The highest BCUT2D eigenvalue weighted by Crippen LogP contribution is 2.19. The Morgan fingerprint density at radius 1 is 0.365 bits per heavy atom. The van der Waals surface area contributed by atoms with E-state index >= 15 is 0 Å². The lowest BCUT2D eigenvalue weighted by Gasteiger charge is -2.26. The van der Waals surface area contributed by atoms with E-state index in [9.17, 15) is 19.5 Å². The highest BCUT2D eigenvalue weighted by molar-refractivity contribution is 5.70. The number of nitrogens with zero attached hydrogens (tertiary/aromatic N) is 1. The van der Waals surface area contributed by atoms with E-state index in [-0.39, 0.29) is 32.2 Å². The smallest absolute Gasteiger partial charge is 0.306 e. The number of hydrogen-bond donors (Lipinski definition) is 0. The molecule has 0 aromatic heterocycles. The predicted octanol–water partition coefficient (Wildman–Crippen LogP) is 21.6. The summed E-state index contributed by atoms with van der Waals surface area (Å²) < 4.78 is 22.8. The number of allylic oxidation sites excluding steroid dienone is 8. The first-order valence-electron chi connectivity index (χ1n) is 36.8. The molecule has 0 aliphatic heterocycles. The quantitative estimate of drug-likeness (QED) is 0.0195. The third kappa shape index (κ3) is 68.6. The number of ether oxygens (including phenoxy) is 4. The lowest BCUT2D eigenvalue weighted by molar-refractivity contribution is -0.870. The molecule has 9 nitrogen and oxygen atoms in total. The van der Waals surface area contributed by atoms with Gasteiger partial charge in [-0.2, -0.15) is 0 Å². The standard InChI is InChI=1S/C76H141NO8/c1-6-8-10-12-14-16-18-20-22-24-26-28-29-30-31-32-33-34-35-36-37-38-39-40-41-42-43-44-45-47-49-51-53-55-57-59-61-63-65-67-74(79)85-72(71-84-76(75(80)81)82-69-68-77(3,4)5)70-83-73(78)66-64-62-60-58-56-54-52-50-48-46-27-25-23-21-19-17-15-13-11-9-7-2/h8,10,14,16,20,22,26,28,72,76H,6-7,9,11-13,15,17-19,21,23-25,27,29-71H2,1-5H3/b10-8-,16-14-,22-20-,28-26-. The molecule has 0 spiro atoms. The Bertz CT molecular complexity index is 1530. The van der Waals surface area contributed by atoms with Gasteiger partial charge in [0, 0.05) is 12.8 Å². The highest BCUT2D eigenvalue weighted by Gasteiger charge is 2.22. The van der Waals surface area contributed by atoms with Crippen LogP contribution in [0.3, 0.4) is 0 Å². The van der Waals surface area contributed by atoms with E-state index in [2.05, 4.69) is 62.5 Å². The van der Waals surface area contributed by atoms with Gasteiger partial charge in [0.05, 0.1) is 40.3 Å². The zero-order valence-electron chi connectivity index (χ0n) is 57.0. The minimum atomic E-state index is -1.62. The Kier molecular flexibility index (Phi) is 65.0. The molecular formula is C76H141NO8. The van der Waals surface area contributed by atoms with Crippen molar-refractivity contribution >= 4 is 17.9 Å². The van der Waals surface area contributed by atoms with Crippen LogP contribution >= 0.6 is 0 Å². The second-order valence-electron chi connectivity index (χ2n) is 26.2. The Balaban J connectivity index is 3.96. The third-order valence-corrected chi connectivity index (χ3v) is 16.6. The van der Waals surface area contributed by atoms with Crippen LogP contribution in [0.1, 0.15) is 361 Å². The van der Waals surface area contributed by atoms with E-state index < -0.39 is 24.3 Å². The van der Waals surface area contributed by atoms with Crippen molar-refractivity contribution in [2.24, 2.45) is 0 Å². The molecule has 2 atom stereocenters. The molecule has 0 fully saturated rings. The van der Waals surface area contributed by atoms with E-state index in [1.807, 2.05) is 21.1 Å². The van der Waals surface area contributed by atoms with Gasteiger partial charge in [0.2, 0.25) is 0 Å². The summed E-state index contributed by atoms with van der Waals surface area (Å²) in [6.45, 7) is 4.71. The predicted molar refractivity (Wildman–Crippen MR) is 362 cm³/mol. The van der Waals surface area contributed by atoms with Crippen molar-refractivity contribution in [2.45, 2.75) is 373 Å². The lowest BCUT2D eigenvalue weighted by atomic mass is 10.0. The Morgan fingerprint density at radius 2 is 0.671 bits per heavy atom. The van der Waals surface area contributed by atoms with Crippen LogP contribution in [0, 0.1) is 0 Å². The number of quaternary nitrogens is 1. The molecule has 9 heteroatoms. The number of esters is 2. The Labute approximate surface area is 527 Å². The number of hydrogen-bond acceptors (Lipinski definition) is 8. The first-order chi connectivity index (χ1) is 41.6. The van der Waals surface area contributed by atoms with Crippen molar-refractivity contribution in [3.8, 4) is 0 Å². The summed E-state index contributed by atoms with van der Waals surface area (Å²) in [5.74, 6) is -2.25. The highest BCUT2D eigenvalue weighted by atomic mass is 16.7. The molecule has 0 bridgehead atoms. The van der Waals surface area contributed by atoms with Crippen molar-refractivity contribution in [1.82, 2.24) is 0 Å². The van der Waals surface area contributed by atoms with Gasteiger partial charge >= 0.3 is 11.9 Å². The van der Waals surface area contributed by atoms with Gasteiger partial charge in [0.15, 0.2) is 12.4 Å². The molecule has 0 aromatic rings. The van der Waals surface area contributed by atoms with Crippen LogP contribution in [-0.4, -0.2) is 82.3 Å². The van der Waals surface area contributed by atoms with Gasteiger partial charge in [-0.15, -0.1) is 0 Å².